The van der Waals surface area contributed by atoms with E-state index in [0.29, 0.717) is 24.1 Å². The van der Waals surface area contributed by atoms with Crippen molar-refractivity contribution in [1.29, 1.82) is 0 Å². The van der Waals surface area contributed by atoms with Crippen molar-refractivity contribution in [2.75, 3.05) is 13.2 Å². The summed E-state index contributed by atoms with van der Waals surface area (Å²) in [5.74, 6) is 5.04. The van der Waals surface area contributed by atoms with Gasteiger partial charge in [0.05, 0.1) is 16.8 Å². The molecule has 2 rings (SSSR count). The van der Waals surface area contributed by atoms with Crippen molar-refractivity contribution in [3.8, 4) is 11.8 Å². The van der Waals surface area contributed by atoms with Crippen molar-refractivity contribution in [2.24, 2.45) is 0 Å². The van der Waals surface area contributed by atoms with Crippen LogP contribution in [0.2, 0.25) is 0 Å². The summed E-state index contributed by atoms with van der Waals surface area (Å²) >= 11 is 1.53. The molecule has 6 heteroatoms. The predicted molar refractivity (Wildman–Crippen MR) is 76.4 cm³/mol. The van der Waals surface area contributed by atoms with Crippen LogP contribution < -0.4 is 5.32 Å². The second-order valence-electron chi connectivity index (χ2n) is 3.91. The first-order valence-corrected chi connectivity index (χ1v) is 6.94. The highest BCUT2D eigenvalue weighted by Gasteiger charge is 2.06. The molecule has 0 saturated heterocycles. The molecule has 0 aliphatic carbocycles. The average Bonchev–Trinajstić information content (AvgIpc) is 2.98. The molecule has 2 aromatic heterocycles. The minimum Gasteiger partial charge on any atom is -0.384 e. The maximum atomic E-state index is 11.9. The molecular formula is C14H13N3O2S. The Balaban J connectivity index is 1.91. The minimum atomic E-state index is -0.218. The van der Waals surface area contributed by atoms with E-state index in [4.69, 9.17) is 5.11 Å². The number of carbonyl (C=O) groups is 1. The highest BCUT2D eigenvalue weighted by Crippen LogP contribution is 2.03. The Hall–Kier alpha value is -2.23. The lowest BCUT2D eigenvalue weighted by Crippen LogP contribution is -2.25. The Kier molecular flexibility index (Phi) is 5.24. The van der Waals surface area contributed by atoms with E-state index >= 15 is 0 Å². The van der Waals surface area contributed by atoms with Crippen molar-refractivity contribution in [3.05, 3.63) is 46.2 Å². The first-order valence-electron chi connectivity index (χ1n) is 5.99. The van der Waals surface area contributed by atoms with Gasteiger partial charge >= 0.3 is 0 Å². The third-order valence-corrected chi connectivity index (χ3v) is 3.10. The Morgan fingerprint density at radius 2 is 2.35 bits per heavy atom. The number of hydrogen-bond acceptors (Lipinski definition) is 5. The van der Waals surface area contributed by atoms with Gasteiger partial charge in [-0.05, 0) is 6.07 Å². The second kappa shape index (κ2) is 7.38. The van der Waals surface area contributed by atoms with Crippen molar-refractivity contribution in [1.82, 2.24) is 15.3 Å². The number of amides is 1. The average molecular weight is 287 g/mol. The Bertz CT molecular complexity index is 629. The molecule has 0 aromatic carbocycles. The number of hydrogen-bond donors (Lipinski definition) is 2. The predicted octanol–water partition coefficient (Wildman–Crippen LogP) is 0.854. The molecule has 0 unspecified atom stereocenters. The number of nitrogens with one attached hydrogen (secondary N) is 1. The summed E-state index contributed by atoms with van der Waals surface area (Å²) in [5, 5.41) is 13.4. The number of nitrogens with zero attached hydrogens (tertiary/aromatic N) is 2. The van der Waals surface area contributed by atoms with Gasteiger partial charge < -0.3 is 10.4 Å². The van der Waals surface area contributed by atoms with E-state index in [0.717, 1.165) is 5.69 Å². The number of pyridine rings is 1. The molecule has 2 heterocycles. The van der Waals surface area contributed by atoms with Gasteiger partial charge in [0, 0.05) is 36.3 Å². The van der Waals surface area contributed by atoms with Crippen molar-refractivity contribution in [3.63, 3.8) is 0 Å². The Morgan fingerprint density at radius 1 is 1.45 bits per heavy atom. The van der Waals surface area contributed by atoms with Gasteiger partial charge in [0.1, 0.15) is 6.61 Å². The maximum absolute atomic E-state index is 11.9. The zero-order chi connectivity index (χ0) is 14.2. The molecule has 0 spiro atoms. The number of rotatable bonds is 4. The van der Waals surface area contributed by atoms with Gasteiger partial charge in [-0.1, -0.05) is 11.8 Å². The summed E-state index contributed by atoms with van der Waals surface area (Å²) in [6.45, 7) is 0.305. The third kappa shape index (κ3) is 4.16. The second-order valence-corrected chi connectivity index (χ2v) is 4.63. The van der Waals surface area contributed by atoms with E-state index < -0.39 is 0 Å². The Morgan fingerprint density at radius 3 is 3.10 bits per heavy atom. The fourth-order valence-corrected chi connectivity index (χ4v) is 2.13. The quantitative estimate of drug-likeness (QED) is 0.818. The van der Waals surface area contributed by atoms with E-state index in [9.17, 15) is 4.79 Å². The number of aliphatic hydroxyl groups excluding tert-OH is 1. The number of aromatic nitrogens is 2. The molecule has 20 heavy (non-hydrogen) atoms. The minimum absolute atomic E-state index is 0.194. The van der Waals surface area contributed by atoms with E-state index in [1.54, 1.807) is 17.8 Å². The van der Waals surface area contributed by atoms with Crippen molar-refractivity contribution in [2.45, 2.75) is 6.42 Å². The van der Waals surface area contributed by atoms with Gasteiger partial charge in [0.15, 0.2) is 0 Å². The molecule has 1 amide bonds. The molecule has 0 aliphatic heterocycles. The van der Waals surface area contributed by atoms with Gasteiger partial charge in [-0.3, -0.25) is 9.78 Å². The molecule has 0 radical (unpaired) electrons. The molecular weight excluding hydrogens is 274 g/mol. The van der Waals surface area contributed by atoms with Gasteiger partial charge in [-0.25, -0.2) is 4.98 Å². The van der Waals surface area contributed by atoms with Crippen LogP contribution in [0.15, 0.2) is 29.4 Å². The van der Waals surface area contributed by atoms with Crippen LogP contribution in [0.4, 0.5) is 0 Å². The third-order valence-electron chi connectivity index (χ3n) is 2.46. The van der Waals surface area contributed by atoms with Crippen LogP contribution in [-0.4, -0.2) is 34.1 Å². The van der Waals surface area contributed by atoms with Gasteiger partial charge in [-0.15, -0.1) is 11.3 Å². The smallest absolute Gasteiger partial charge is 0.252 e. The fourth-order valence-electron chi connectivity index (χ4n) is 1.54. The summed E-state index contributed by atoms with van der Waals surface area (Å²) < 4.78 is 0. The zero-order valence-electron chi connectivity index (χ0n) is 10.7. The zero-order valence-corrected chi connectivity index (χ0v) is 11.5. The highest BCUT2D eigenvalue weighted by atomic mass is 32.1. The Labute approximate surface area is 120 Å². The van der Waals surface area contributed by atoms with Crippen LogP contribution in [0, 0.1) is 11.8 Å². The van der Waals surface area contributed by atoms with E-state index in [1.165, 1.54) is 17.5 Å². The van der Waals surface area contributed by atoms with Gasteiger partial charge in [0.2, 0.25) is 0 Å². The number of thiazole rings is 1. The lowest BCUT2D eigenvalue weighted by Gasteiger charge is -2.04. The molecule has 2 N–H and O–H groups in total. The first-order chi connectivity index (χ1) is 9.79. The fraction of sp³-hybridized carbons (Fsp3) is 0.214. The molecule has 2 aromatic rings. The van der Waals surface area contributed by atoms with Crippen molar-refractivity contribution >= 4 is 17.2 Å². The normalized spacial score (nSPS) is 9.65. The summed E-state index contributed by atoms with van der Waals surface area (Å²) in [7, 11) is 0. The van der Waals surface area contributed by atoms with Crippen molar-refractivity contribution < 1.29 is 9.90 Å². The van der Waals surface area contributed by atoms with Crippen LogP contribution in [-0.2, 0) is 6.42 Å². The number of carbonyl (C=O) groups excluding carboxylic acids is 1. The lowest BCUT2D eigenvalue weighted by atomic mass is 10.2. The maximum Gasteiger partial charge on any atom is 0.252 e. The van der Waals surface area contributed by atoms with E-state index in [-0.39, 0.29) is 12.5 Å². The van der Waals surface area contributed by atoms with E-state index in [1.807, 2.05) is 5.38 Å². The summed E-state index contributed by atoms with van der Waals surface area (Å²) in [5.41, 5.74) is 3.79. The van der Waals surface area contributed by atoms with Crippen LogP contribution >= 0.6 is 11.3 Å². The van der Waals surface area contributed by atoms with Crippen LogP contribution in [0.3, 0.4) is 0 Å². The van der Waals surface area contributed by atoms with Crippen LogP contribution in [0.25, 0.3) is 0 Å². The lowest BCUT2D eigenvalue weighted by molar-refractivity contribution is 0.0953. The first kappa shape index (κ1) is 14.2. The molecule has 0 atom stereocenters. The van der Waals surface area contributed by atoms with Crippen LogP contribution in [0.1, 0.15) is 21.6 Å². The van der Waals surface area contributed by atoms with E-state index in [2.05, 4.69) is 27.1 Å². The molecule has 0 bridgehead atoms. The molecule has 0 fully saturated rings. The molecule has 0 aliphatic rings. The summed E-state index contributed by atoms with van der Waals surface area (Å²) in [4.78, 5) is 20.0. The SMILES string of the molecule is O=C(NCCc1cscn1)c1cncc(C#CCO)c1. The topological polar surface area (TPSA) is 75.1 Å². The van der Waals surface area contributed by atoms with Gasteiger partial charge in [-0.2, -0.15) is 0 Å². The van der Waals surface area contributed by atoms with Crippen LogP contribution in [0.5, 0.6) is 0 Å². The van der Waals surface area contributed by atoms with Gasteiger partial charge in [0.25, 0.3) is 5.91 Å². The largest absolute Gasteiger partial charge is 0.384 e. The molecule has 0 saturated carbocycles. The monoisotopic (exact) mass is 287 g/mol. The molecule has 102 valence electrons. The summed E-state index contributed by atoms with van der Waals surface area (Å²) in [6, 6.07) is 1.65. The standard InChI is InChI=1S/C14H13N3O2S/c18-5-1-2-11-6-12(8-15-7-11)14(19)16-4-3-13-9-20-10-17-13/h6-10,18H,3-5H2,(H,16,19). The number of aliphatic hydroxyl groups is 1. The highest BCUT2D eigenvalue weighted by molar-refractivity contribution is 7.07. The molecule has 5 nitrogen and oxygen atoms in total. The summed E-state index contributed by atoms with van der Waals surface area (Å²) in [6.07, 6.45) is 3.74.